The van der Waals surface area contributed by atoms with Crippen molar-refractivity contribution in [1.29, 1.82) is 0 Å². The van der Waals surface area contributed by atoms with Crippen molar-refractivity contribution in [2.75, 3.05) is 13.1 Å². The summed E-state index contributed by atoms with van der Waals surface area (Å²) in [6.07, 6.45) is 5.74. The Hall–Kier alpha value is -2.10. The summed E-state index contributed by atoms with van der Waals surface area (Å²) in [5.74, 6) is 0.552. The third kappa shape index (κ3) is 3.06. The van der Waals surface area contributed by atoms with E-state index in [-0.39, 0.29) is 5.91 Å². The maximum atomic E-state index is 12.6. The highest BCUT2D eigenvalue weighted by Crippen LogP contribution is 2.28. The molecule has 4 heteroatoms. The summed E-state index contributed by atoms with van der Waals surface area (Å²) in [7, 11) is 0. The fraction of sp³-hybridized carbons (Fsp3) is 0.444. The first kappa shape index (κ1) is 14.8. The summed E-state index contributed by atoms with van der Waals surface area (Å²) >= 11 is 0. The van der Waals surface area contributed by atoms with E-state index in [0.717, 1.165) is 32.5 Å². The molecule has 1 saturated heterocycles. The van der Waals surface area contributed by atoms with Crippen molar-refractivity contribution in [2.45, 2.75) is 39.2 Å². The Balaban J connectivity index is 1.73. The van der Waals surface area contributed by atoms with Gasteiger partial charge in [0.1, 0.15) is 0 Å². The highest BCUT2D eigenvalue weighted by atomic mass is 16.2. The van der Waals surface area contributed by atoms with Crippen LogP contribution in [0.3, 0.4) is 0 Å². The Morgan fingerprint density at radius 3 is 3.00 bits per heavy atom. The Morgan fingerprint density at radius 2 is 2.27 bits per heavy atom. The van der Waals surface area contributed by atoms with E-state index >= 15 is 0 Å². The summed E-state index contributed by atoms with van der Waals surface area (Å²) in [4.78, 5) is 14.6. The van der Waals surface area contributed by atoms with Crippen LogP contribution in [0.5, 0.6) is 0 Å². The Bertz CT molecular complexity index is 662. The molecule has 1 aromatic carbocycles. The molecule has 3 rings (SSSR count). The molecule has 2 aromatic rings. The number of carbonyl (C=O) groups excluding carboxylic acids is 1. The fourth-order valence-electron chi connectivity index (χ4n) is 3.19. The van der Waals surface area contributed by atoms with Crippen molar-refractivity contribution in [3.05, 3.63) is 53.3 Å². The summed E-state index contributed by atoms with van der Waals surface area (Å²) in [5.41, 5.74) is 3.33. The Kier molecular flexibility index (Phi) is 4.27. The van der Waals surface area contributed by atoms with Gasteiger partial charge < -0.3 is 4.90 Å². The molecule has 1 fully saturated rings. The van der Waals surface area contributed by atoms with Crippen molar-refractivity contribution < 1.29 is 4.79 Å². The van der Waals surface area contributed by atoms with Gasteiger partial charge in [0.2, 0.25) is 0 Å². The zero-order valence-electron chi connectivity index (χ0n) is 13.3. The van der Waals surface area contributed by atoms with Gasteiger partial charge in [0.25, 0.3) is 5.91 Å². The summed E-state index contributed by atoms with van der Waals surface area (Å²) < 4.78 is 1.80. The van der Waals surface area contributed by atoms with E-state index in [1.54, 1.807) is 10.9 Å². The maximum absolute atomic E-state index is 12.6. The van der Waals surface area contributed by atoms with Crippen LogP contribution >= 0.6 is 0 Å². The van der Waals surface area contributed by atoms with E-state index in [1.807, 2.05) is 18.0 Å². The van der Waals surface area contributed by atoms with E-state index in [0.29, 0.717) is 11.5 Å². The number of aryl methyl sites for hydroxylation is 2. The molecule has 22 heavy (non-hydrogen) atoms. The van der Waals surface area contributed by atoms with Crippen LogP contribution < -0.4 is 0 Å². The number of nitrogens with zero attached hydrogens (tertiary/aromatic N) is 3. The number of piperidine rings is 1. The number of hydrogen-bond donors (Lipinski definition) is 0. The topological polar surface area (TPSA) is 38.1 Å². The highest BCUT2D eigenvalue weighted by Gasteiger charge is 2.26. The quantitative estimate of drug-likeness (QED) is 0.872. The minimum atomic E-state index is 0.108. The summed E-state index contributed by atoms with van der Waals surface area (Å²) in [6.45, 7) is 6.58. The summed E-state index contributed by atoms with van der Waals surface area (Å²) in [6, 6.07) is 8.65. The molecule has 1 unspecified atom stereocenters. The molecule has 0 spiro atoms. The van der Waals surface area contributed by atoms with E-state index < -0.39 is 0 Å². The van der Waals surface area contributed by atoms with Gasteiger partial charge in [-0.3, -0.25) is 9.48 Å². The number of rotatable bonds is 3. The second-order valence-electron chi connectivity index (χ2n) is 6.09. The molecule has 1 aliphatic heterocycles. The molecule has 0 aliphatic carbocycles. The third-order valence-corrected chi connectivity index (χ3v) is 4.43. The third-order valence-electron chi connectivity index (χ3n) is 4.43. The van der Waals surface area contributed by atoms with E-state index in [2.05, 4.69) is 36.3 Å². The minimum Gasteiger partial charge on any atom is -0.338 e. The molecule has 0 radical (unpaired) electrons. The molecular weight excluding hydrogens is 274 g/mol. The van der Waals surface area contributed by atoms with Crippen LogP contribution in [0.15, 0.2) is 36.7 Å². The van der Waals surface area contributed by atoms with Gasteiger partial charge in [-0.2, -0.15) is 5.10 Å². The second kappa shape index (κ2) is 6.34. The predicted octanol–water partition coefficient (Wildman–Crippen LogP) is 3.23. The van der Waals surface area contributed by atoms with Gasteiger partial charge in [-0.25, -0.2) is 0 Å². The normalized spacial score (nSPS) is 18.5. The average Bonchev–Trinajstić information content (AvgIpc) is 3.03. The van der Waals surface area contributed by atoms with Gasteiger partial charge in [-0.05, 0) is 32.3 Å². The van der Waals surface area contributed by atoms with Gasteiger partial charge >= 0.3 is 0 Å². The largest absolute Gasteiger partial charge is 0.338 e. The van der Waals surface area contributed by atoms with Crippen LogP contribution in [0.4, 0.5) is 0 Å². The van der Waals surface area contributed by atoms with Crippen molar-refractivity contribution in [2.24, 2.45) is 0 Å². The molecule has 1 amide bonds. The number of amides is 1. The molecule has 1 atom stereocenters. The number of likely N-dealkylation sites (tertiary alicyclic amines) is 1. The second-order valence-corrected chi connectivity index (χ2v) is 6.09. The molecule has 0 N–H and O–H groups in total. The van der Waals surface area contributed by atoms with Crippen LogP contribution in [0.1, 0.15) is 47.2 Å². The molecule has 1 aromatic heterocycles. The van der Waals surface area contributed by atoms with Crippen molar-refractivity contribution in [1.82, 2.24) is 14.7 Å². The van der Waals surface area contributed by atoms with Crippen LogP contribution in [-0.2, 0) is 6.54 Å². The lowest BCUT2D eigenvalue weighted by Gasteiger charge is -2.33. The van der Waals surface area contributed by atoms with Crippen LogP contribution in [0, 0.1) is 6.92 Å². The smallest absolute Gasteiger partial charge is 0.257 e. The zero-order chi connectivity index (χ0) is 15.5. The van der Waals surface area contributed by atoms with Gasteiger partial charge in [0.15, 0.2) is 0 Å². The number of benzene rings is 1. The van der Waals surface area contributed by atoms with E-state index in [1.165, 1.54) is 11.1 Å². The minimum absolute atomic E-state index is 0.108. The molecule has 4 nitrogen and oxygen atoms in total. The number of carbonyl (C=O) groups is 1. The molecule has 0 bridgehead atoms. The van der Waals surface area contributed by atoms with Crippen LogP contribution in [0.2, 0.25) is 0 Å². The SMILES string of the molecule is CCn1cc(C(=O)N2CCCC(c3cccc(C)c3)C2)cn1. The lowest BCUT2D eigenvalue weighted by Crippen LogP contribution is -2.39. The molecule has 2 heterocycles. The van der Waals surface area contributed by atoms with Crippen LogP contribution in [0.25, 0.3) is 0 Å². The monoisotopic (exact) mass is 297 g/mol. The van der Waals surface area contributed by atoms with Gasteiger partial charge in [-0.1, -0.05) is 29.8 Å². The predicted molar refractivity (Wildman–Crippen MR) is 87.0 cm³/mol. The first-order chi connectivity index (χ1) is 10.7. The van der Waals surface area contributed by atoms with E-state index in [4.69, 9.17) is 0 Å². The fourth-order valence-corrected chi connectivity index (χ4v) is 3.19. The van der Waals surface area contributed by atoms with Crippen molar-refractivity contribution in [3.63, 3.8) is 0 Å². The lowest BCUT2D eigenvalue weighted by molar-refractivity contribution is 0.0707. The highest BCUT2D eigenvalue weighted by molar-refractivity contribution is 5.93. The molecule has 0 saturated carbocycles. The Labute approximate surface area is 131 Å². The number of hydrogen-bond acceptors (Lipinski definition) is 2. The van der Waals surface area contributed by atoms with Crippen LogP contribution in [-0.4, -0.2) is 33.7 Å². The lowest BCUT2D eigenvalue weighted by atomic mass is 9.89. The van der Waals surface area contributed by atoms with Gasteiger partial charge in [0, 0.05) is 31.7 Å². The molecule has 116 valence electrons. The van der Waals surface area contributed by atoms with Gasteiger partial charge in [-0.15, -0.1) is 0 Å². The molecular formula is C18H23N3O. The Morgan fingerprint density at radius 1 is 1.41 bits per heavy atom. The summed E-state index contributed by atoms with van der Waals surface area (Å²) in [5, 5.41) is 4.21. The van der Waals surface area contributed by atoms with Crippen molar-refractivity contribution >= 4 is 5.91 Å². The van der Waals surface area contributed by atoms with Crippen molar-refractivity contribution in [3.8, 4) is 0 Å². The average molecular weight is 297 g/mol. The first-order valence-electron chi connectivity index (χ1n) is 8.05. The first-order valence-corrected chi connectivity index (χ1v) is 8.05. The van der Waals surface area contributed by atoms with Gasteiger partial charge in [0.05, 0.1) is 11.8 Å². The standard InChI is InChI=1S/C18H23N3O/c1-3-21-13-17(11-19-21)18(22)20-9-5-8-16(12-20)15-7-4-6-14(2)10-15/h4,6-7,10-11,13,16H,3,5,8-9,12H2,1-2H3. The van der Waals surface area contributed by atoms with E-state index in [9.17, 15) is 4.79 Å². The number of aromatic nitrogens is 2. The molecule has 1 aliphatic rings. The maximum Gasteiger partial charge on any atom is 0.257 e. The zero-order valence-corrected chi connectivity index (χ0v) is 13.3.